The van der Waals surface area contributed by atoms with Crippen molar-refractivity contribution in [3.63, 3.8) is 0 Å². The minimum atomic E-state index is -1.05. The number of imide groups is 1. The first kappa shape index (κ1) is 14.4. The SMILES string of the molecule is CN1C(=O)c2ccccc2OC2C(=O)N(c3ccccc3)C(=O)C21. The summed E-state index contributed by atoms with van der Waals surface area (Å²) in [6.45, 7) is 0. The van der Waals surface area contributed by atoms with Crippen molar-refractivity contribution in [2.45, 2.75) is 12.1 Å². The number of likely N-dealkylation sites (N-methyl/N-ethyl adjacent to an activating group) is 1. The van der Waals surface area contributed by atoms with Crippen LogP contribution in [0.5, 0.6) is 5.75 Å². The molecule has 2 aromatic rings. The van der Waals surface area contributed by atoms with Gasteiger partial charge in [0.05, 0.1) is 11.3 Å². The molecule has 0 saturated carbocycles. The third kappa shape index (κ3) is 1.93. The van der Waals surface area contributed by atoms with Crippen molar-refractivity contribution in [2.75, 3.05) is 11.9 Å². The zero-order valence-corrected chi connectivity index (χ0v) is 12.9. The van der Waals surface area contributed by atoms with E-state index in [9.17, 15) is 14.4 Å². The number of benzene rings is 2. The molecule has 2 unspecified atom stereocenters. The second-order valence-electron chi connectivity index (χ2n) is 5.74. The predicted molar refractivity (Wildman–Crippen MR) is 85.7 cm³/mol. The van der Waals surface area contributed by atoms with Crippen molar-refractivity contribution in [1.82, 2.24) is 4.90 Å². The molecule has 0 N–H and O–H groups in total. The number of hydrogen-bond acceptors (Lipinski definition) is 4. The van der Waals surface area contributed by atoms with Crippen LogP contribution < -0.4 is 9.64 Å². The first-order chi connectivity index (χ1) is 11.6. The summed E-state index contributed by atoms with van der Waals surface area (Å²) in [5.41, 5.74) is 0.819. The van der Waals surface area contributed by atoms with E-state index in [4.69, 9.17) is 4.74 Å². The Balaban J connectivity index is 1.81. The van der Waals surface area contributed by atoms with Crippen LogP contribution in [0.2, 0.25) is 0 Å². The van der Waals surface area contributed by atoms with Crippen LogP contribution in [0.1, 0.15) is 10.4 Å². The van der Waals surface area contributed by atoms with Crippen LogP contribution in [0.3, 0.4) is 0 Å². The standard InChI is InChI=1S/C18H14N2O4/c1-19-14-15(24-13-10-6-5-9-12(13)16(19)21)18(23)20(17(14)22)11-7-3-2-4-8-11/h2-10,14-15H,1H3. The zero-order valence-electron chi connectivity index (χ0n) is 12.9. The van der Waals surface area contributed by atoms with Crippen molar-refractivity contribution < 1.29 is 19.1 Å². The highest BCUT2D eigenvalue weighted by Crippen LogP contribution is 2.33. The Labute approximate surface area is 138 Å². The fourth-order valence-electron chi connectivity index (χ4n) is 3.15. The van der Waals surface area contributed by atoms with Crippen LogP contribution in [-0.4, -0.2) is 41.8 Å². The molecule has 2 aliphatic rings. The molecule has 0 spiro atoms. The van der Waals surface area contributed by atoms with Crippen LogP contribution in [0.25, 0.3) is 0 Å². The van der Waals surface area contributed by atoms with Gasteiger partial charge in [0, 0.05) is 7.05 Å². The summed E-state index contributed by atoms with van der Waals surface area (Å²) in [6, 6.07) is 14.4. The molecule has 0 bridgehead atoms. The van der Waals surface area contributed by atoms with Gasteiger partial charge in [-0.3, -0.25) is 14.4 Å². The number of ether oxygens (including phenoxy) is 1. The molecular weight excluding hydrogens is 308 g/mol. The number of amides is 3. The van der Waals surface area contributed by atoms with Crippen LogP contribution in [0.15, 0.2) is 54.6 Å². The Morgan fingerprint density at radius 1 is 0.875 bits per heavy atom. The summed E-state index contributed by atoms with van der Waals surface area (Å²) in [5.74, 6) is -0.945. The van der Waals surface area contributed by atoms with Crippen molar-refractivity contribution in [3.05, 3.63) is 60.2 Å². The van der Waals surface area contributed by atoms with E-state index in [-0.39, 0.29) is 5.91 Å². The Morgan fingerprint density at radius 2 is 1.54 bits per heavy atom. The third-order valence-corrected chi connectivity index (χ3v) is 4.35. The lowest BCUT2D eigenvalue weighted by atomic mass is 10.1. The zero-order chi connectivity index (χ0) is 16.8. The summed E-state index contributed by atoms with van der Waals surface area (Å²) in [6.07, 6.45) is -1.05. The molecule has 120 valence electrons. The highest BCUT2D eigenvalue weighted by atomic mass is 16.5. The molecule has 2 atom stereocenters. The molecule has 2 aliphatic heterocycles. The largest absolute Gasteiger partial charge is 0.477 e. The topological polar surface area (TPSA) is 66.9 Å². The van der Waals surface area contributed by atoms with E-state index < -0.39 is 24.0 Å². The van der Waals surface area contributed by atoms with Gasteiger partial charge in [0.15, 0.2) is 6.04 Å². The number of fused-ring (bicyclic) bond motifs is 2. The molecule has 0 radical (unpaired) electrons. The lowest BCUT2D eigenvalue weighted by Crippen LogP contribution is -2.47. The third-order valence-electron chi connectivity index (χ3n) is 4.35. The highest BCUT2D eigenvalue weighted by molar-refractivity contribution is 6.26. The van der Waals surface area contributed by atoms with Crippen molar-refractivity contribution in [3.8, 4) is 5.75 Å². The summed E-state index contributed by atoms with van der Waals surface area (Å²) in [4.78, 5) is 40.7. The normalized spacial score (nSPS) is 22.8. The smallest absolute Gasteiger partial charge is 0.277 e. The van der Waals surface area contributed by atoms with Gasteiger partial charge in [-0.25, -0.2) is 4.90 Å². The van der Waals surface area contributed by atoms with Crippen LogP contribution in [0, 0.1) is 0 Å². The van der Waals surface area contributed by atoms with Crippen molar-refractivity contribution >= 4 is 23.4 Å². The molecule has 1 saturated heterocycles. The van der Waals surface area contributed by atoms with Gasteiger partial charge in [0.2, 0.25) is 6.10 Å². The number of carbonyl (C=O) groups is 3. The van der Waals surface area contributed by atoms with E-state index in [1.165, 1.54) is 11.9 Å². The number of carbonyl (C=O) groups excluding carboxylic acids is 3. The highest BCUT2D eigenvalue weighted by Gasteiger charge is 2.54. The maximum atomic E-state index is 12.8. The number of anilines is 1. The van der Waals surface area contributed by atoms with Gasteiger partial charge in [-0.1, -0.05) is 30.3 Å². The van der Waals surface area contributed by atoms with Gasteiger partial charge in [-0.15, -0.1) is 0 Å². The van der Waals surface area contributed by atoms with Crippen molar-refractivity contribution in [1.29, 1.82) is 0 Å². The van der Waals surface area contributed by atoms with E-state index in [0.717, 1.165) is 4.90 Å². The summed E-state index contributed by atoms with van der Waals surface area (Å²) < 4.78 is 5.78. The molecule has 6 nitrogen and oxygen atoms in total. The molecule has 2 heterocycles. The number of hydrogen-bond donors (Lipinski definition) is 0. The monoisotopic (exact) mass is 322 g/mol. The second kappa shape index (κ2) is 5.19. The molecule has 2 aromatic carbocycles. The molecule has 1 fully saturated rings. The molecule has 24 heavy (non-hydrogen) atoms. The summed E-state index contributed by atoms with van der Waals surface area (Å²) in [5, 5.41) is 0. The molecule has 4 rings (SSSR count). The fraction of sp³-hybridized carbons (Fsp3) is 0.167. The molecule has 0 aromatic heterocycles. The first-order valence-electron chi connectivity index (χ1n) is 7.55. The number of nitrogens with zero attached hydrogens (tertiary/aromatic N) is 2. The van der Waals surface area contributed by atoms with Gasteiger partial charge in [-0.2, -0.15) is 0 Å². The van der Waals surface area contributed by atoms with Gasteiger partial charge >= 0.3 is 0 Å². The predicted octanol–water partition coefficient (Wildman–Crippen LogP) is 1.46. The van der Waals surface area contributed by atoms with E-state index >= 15 is 0 Å². The molecule has 6 heteroatoms. The van der Waals surface area contributed by atoms with E-state index in [0.29, 0.717) is 17.0 Å². The maximum Gasteiger partial charge on any atom is 0.277 e. The van der Waals surface area contributed by atoms with Gasteiger partial charge < -0.3 is 9.64 Å². The number of rotatable bonds is 1. The number of para-hydroxylation sites is 2. The van der Waals surface area contributed by atoms with E-state index in [2.05, 4.69) is 0 Å². The molecule has 3 amide bonds. The summed E-state index contributed by atoms with van der Waals surface area (Å²) >= 11 is 0. The Bertz CT molecular complexity index is 849. The quantitative estimate of drug-likeness (QED) is 0.746. The van der Waals surface area contributed by atoms with Crippen molar-refractivity contribution in [2.24, 2.45) is 0 Å². The lowest BCUT2D eigenvalue weighted by Gasteiger charge is -2.22. The van der Waals surface area contributed by atoms with Crippen LogP contribution in [-0.2, 0) is 9.59 Å². The van der Waals surface area contributed by atoms with Gasteiger partial charge in [0.25, 0.3) is 17.7 Å². The minimum absolute atomic E-state index is 0.318. The maximum absolute atomic E-state index is 12.8. The first-order valence-corrected chi connectivity index (χ1v) is 7.55. The van der Waals surface area contributed by atoms with E-state index in [1.54, 1.807) is 54.6 Å². The Hall–Kier alpha value is -3.15. The van der Waals surface area contributed by atoms with Gasteiger partial charge in [-0.05, 0) is 24.3 Å². The van der Waals surface area contributed by atoms with Gasteiger partial charge in [0.1, 0.15) is 5.75 Å². The van der Waals surface area contributed by atoms with Crippen LogP contribution in [0.4, 0.5) is 5.69 Å². The molecule has 0 aliphatic carbocycles. The van der Waals surface area contributed by atoms with E-state index in [1.807, 2.05) is 0 Å². The van der Waals surface area contributed by atoms with Crippen LogP contribution >= 0.6 is 0 Å². The second-order valence-corrected chi connectivity index (χ2v) is 5.74. The average Bonchev–Trinajstić information content (AvgIpc) is 2.78. The fourth-order valence-corrected chi connectivity index (χ4v) is 3.15. The lowest BCUT2D eigenvalue weighted by molar-refractivity contribution is -0.123. The minimum Gasteiger partial charge on any atom is -0.477 e. The molecular formula is C18H14N2O4. The Morgan fingerprint density at radius 3 is 2.29 bits per heavy atom. The Kier molecular flexibility index (Phi) is 3.13. The summed E-state index contributed by atoms with van der Waals surface area (Å²) in [7, 11) is 1.52. The average molecular weight is 322 g/mol.